The molecule has 1 aromatic heterocycles. The number of unbranched alkanes of at least 4 members (excludes halogenated alkanes) is 2. The van der Waals surface area contributed by atoms with E-state index in [1.54, 1.807) is 6.20 Å². The van der Waals surface area contributed by atoms with E-state index < -0.39 is 0 Å². The number of aromatic nitrogens is 1. The summed E-state index contributed by atoms with van der Waals surface area (Å²) in [6.07, 6.45) is 6.60. The molecule has 0 aliphatic heterocycles. The molecule has 0 aliphatic rings. The van der Waals surface area contributed by atoms with Gasteiger partial charge in [0.1, 0.15) is 0 Å². The van der Waals surface area contributed by atoms with Gasteiger partial charge in [0.05, 0.1) is 0 Å². The lowest BCUT2D eigenvalue weighted by atomic mass is 10.1. The Morgan fingerprint density at radius 2 is 2.25 bits per heavy atom. The smallest absolute Gasteiger partial charge is 0.0459 e. The van der Waals surface area contributed by atoms with Crippen molar-refractivity contribution in [1.82, 2.24) is 10.3 Å². The fourth-order valence-corrected chi connectivity index (χ4v) is 1.61. The number of nitrogens with zero attached hydrogens (tertiary/aromatic N) is 1. The molecule has 4 N–H and O–H groups in total. The first-order chi connectivity index (χ1) is 7.88. The molecule has 0 spiro atoms. The van der Waals surface area contributed by atoms with E-state index in [-0.39, 0.29) is 12.6 Å². The maximum absolute atomic E-state index is 8.65. The van der Waals surface area contributed by atoms with Gasteiger partial charge in [-0.05, 0) is 37.4 Å². The summed E-state index contributed by atoms with van der Waals surface area (Å²) in [5, 5.41) is 12.0. The van der Waals surface area contributed by atoms with Crippen molar-refractivity contribution in [2.24, 2.45) is 5.73 Å². The minimum atomic E-state index is 0.183. The van der Waals surface area contributed by atoms with Crippen LogP contribution in [0.5, 0.6) is 0 Å². The van der Waals surface area contributed by atoms with Crippen molar-refractivity contribution in [3.8, 4) is 0 Å². The van der Waals surface area contributed by atoms with Crippen molar-refractivity contribution < 1.29 is 5.11 Å². The van der Waals surface area contributed by atoms with Crippen LogP contribution >= 0.6 is 0 Å². The summed E-state index contributed by atoms with van der Waals surface area (Å²) in [6, 6.07) is 4.14. The molecule has 1 unspecified atom stereocenters. The second-order valence-corrected chi connectivity index (χ2v) is 3.81. The van der Waals surface area contributed by atoms with E-state index in [9.17, 15) is 0 Å². The van der Waals surface area contributed by atoms with Crippen LogP contribution < -0.4 is 11.1 Å². The van der Waals surface area contributed by atoms with Gasteiger partial charge >= 0.3 is 0 Å². The topological polar surface area (TPSA) is 71.2 Å². The van der Waals surface area contributed by atoms with Gasteiger partial charge in [-0.3, -0.25) is 4.98 Å². The third-order valence-electron chi connectivity index (χ3n) is 2.55. The molecule has 16 heavy (non-hydrogen) atoms. The Morgan fingerprint density at radius 3 is 2.88 bits per heavy atom. The molecule has 4 nitrogen and oxygen atoms in total. The Labute approximate surface area is 96.9 Å². The number of pyridine rings is 1. The van der Waals surface area contributed by atoms with E-state index in [1.165, 1.54) is 0 Å². The number of nitrogens with one attached hydrogen (secondary N) is 1. The normalized spacial score (nSPS) is 12.6. The number of rotatable bonds is 8. The quantitative estimate of drug-likeness (QED) is 0.571. The lowest BCUT2D eigenvalue weighted by Crippen LogP contribution is -2.29. The van der Waals surface area contributed by atoms with Gasteiger partial charge in [-0.15, -0.1) is 0 Å². The monoisotopic (exact) mass is 223 g/mol. The fraction of sp³-hybridized carbons (Fsp3) is 0.583. The second-order valence-electron chi connectivity index (χ2n) is 3.81. The van der Waals surface area contributed by atoms with E-state index in [1.807, 2.05) is 18.3 Å². The van der Waals surface area contributed by atoms with Crippen LogP contribution in [0.25, 0.3) is 0 Å². The Hall–Kier alpha value is -0.970. The number of hydrogen-bond donors (Lipinski definition) is 3. The second kappa shape index (κ2) is 8.21. The van der Waals surface area contributed by atoms with E-state index >= 15 is 0 Å². The minimum Gasteiger partial charge on any atom is -0.396 e. The van der Waals surface area contributed by atoms with E-state index in [0.717, 1.165) is 31.4 Å². The van der Waals surface area contributed by atoms with Crippen LogP contribution in [0.4, 0.5) is 0 Å². The van der Waals surface area contributed by atoms with Crippen molar-refractivity contribution in [3.05, 3.63) is 30.1 Å². The van der Waals surface area contributed by atoms with Gasteiger partial charge in [0.2, 0.25) is 0 Å². The highest BCUT2D eigenvalue weighted by atomic mass is 16.2. The number of aliphatic hydroxyl groups excluding tert-OH is 1. The SMILES string of the molecule is NCC(NCCCCCO)c1cccnc1. The standard InChI is InChI=1S/C12H21N3O/c13-9-12(11-5-4-6-14-10-11)15-7-2-1-3-8-16/h4-6,10,12,15-16H,1-3,7-9,13H2. The summed E-state index contributed by atoms with van der Waals surface area (Å²) >= 11 is 0. The first-order valence-corrected chi connectivity index (χ1v) is 5.82. The van der Waals surface area contributed by atoms with Gasteiger partial charge < -0.3 is 16.2 Å². The predicted octanol–water partition coefficient (Wildman–Crippen LogP) is 0.834. The largest absolute Gasteiger partial charge is 0.396 e. The Kier molecular flexibility index (Phi) is 6.72. The zero-order valence-corrected chi connectivity index (χ0v) is 9.60. The van der Waals surface area contributed by atoms with Crippen LogP contribution in [0.2, 0.25) is 0 Å². The van der Waals surface area contributed by atoms with Crippen molar-refractivity contribution in [1.29, 1.82) is 0 Å². The Morgan fingerprint density at radius 1 is 1.38 bits per heavy atom. The van der Waals surface area contributed by atoms with Crippen LogP contribution in [0.3, 0.4) is 0 Å². The average molecular weight is 223 g/mol. The van der Waals surface area contributed by atoms with Crippen LogP contribution in [0.1, 0.15) is 30.9 Å². The molecule has 0 saturated heterocycles. The third kappa shape index (κ3) is 4.70. The molecule has 0 amide bonds. The Balaban J connectivity index is 2.27. The summed E-state index contributed by atoms with van der Waals surface area (Å²) < 4.78 is 0. The van der Waals surface area contributed by atoms with Gasteiger partial charge in [0.15, 0.2) is 0 Å². The van der Waals surface area contributed by atoms with Crippen molar-refractivity contribution in [2.45, 2.75) is 25.3 Å². The van der Waals surface area contributed by atoms with Gasteiger partial charge in [-0.25, -0.2) is 0 Å². The molecule has 1 heterocycles. The number of hydrogen-bond acceptors (Lipinski definition) is 4. The van der Waals surface area contributed by atoms with Gasteiger partial charge in [-0.1, -0.05) is 6.07 Å². The zero-order valence-electron chi connectivity index (χ0n) is 9.60. The fourth-order valence-electron chi connectivity index (χ4n) is 1.61. The van der Waals surface area contributed by atoms with Gasteiger partial charge in [0, 0.05) is 31.6 Å². The highest BCUT2D eigenvalue weighted by Gasteiger charge is 2.07. The van der Waals surface area contributed by atoms with Crippen molar-refractivity contribution in [2.75, 3.05) is 19.7 Å². The molecule has 1 rings (SSSR count). The Bertz CT molecular complexity index is 266. The summed E-state index contributed by atoms with van der Waals surface area (Å²) in [5.74, 6) is 0. The molecule has 90 valence electrons. The molecule has 0 bridgehead atoms. The van der Waals surface area contributed by atoms with Gasteiger partial charge in [-0.2, -0.15) is 0 Å². The first kappa shape index (κ1) is 13.1. The summed E-state index contributed by atoms with van der Waals surface area (Å²) in [7, 11) is 0. The predicted molar refractivity (Wildman–Crippen MR) is 65.0 cm³/mol. The third-order valence-corrected chi connectivity index (χ3v) is 2.55. The maximum Gasteiger partial charge on any atom is 0.0459 e. The highest BCUT2D eigenvalue weighted by molar-refractivity contribution is 5.14. The molecular formula is C12H21N3O. The zero-order chi connectivity index (χ0) is 11.6. The number of aliphatic hydroxyl groups is 1. The molecule has 4 heteroatoms. The van der Waals surface area contributed by atoms with Gasteiger partial charge in [0.25, 0.3) is 0 Å². The highest BCUT2D eigenvalue weighted by Crippen LogP contribution is 2.09. The summed E-state index contributed by atoms with van der Waals surface area (Å²) in [6.45, 7) is 1.78. The van der Waals surface area contributed by atoms with E-state index in [0.29, 0.717) is 6.54 Å². The molecular weight excluding hydrogens is 202 g/mol. The molecule has 0 fully saturated rings. The molecule has 0 aliphatic carbocycles. The van der Waals surface area contributed by atoms with Crippen molar-refractivity contribution in [3.63, 3.8) is 0 Å². The van der Waals surface area contributed by atoms with Crippen LogP contribution in [0.15, 0.2) is 24.5 Å². The van der Waals surface area contributed by atoms with Crippen LogP contribution in [0, 0.1) is 0 Å². The van der Waals surface area contributed by atoms with Crippen LogP contribution in [-0.4, -0.2) is 29.8 Å². The lowest BCUT2D eigenvalue weighted by molar-refractivity contribution is 0.282. The minimum absolute atomic E-state index is 0.183. The lowest BCUT2D eigenvalue weighted by Gasteiger charge is -2.16. The molecule has 1 atom stereocenters. The molecule has 1 aromatic rings. The van der Waals surface area contributed by atoms with E-state index in [2.05, 4.69) is 10.3 Å². The van der Waals surface area contributed by atoms with Crippen molar-refractivity contribution >= 4 is 0 Å². The molecule has 0 radical (unpaired) electrons. The summed E-state index contributed by atoms with van der Waals surface area (Å²) in [4.78, 5) is 4.08. The number of nitrogens with two attached hydrogens (primary N) is 1. The van der Waals surface area contributed by atoms with E-state index in [4.69, 9.17) is 10.8 Å². The average Bonchev–Trinajstić information content (AvgIpc) is 2.35. The summed E-state index contributed by atoms with van der Waals surface area (Å²) in [5.41, 5.74) is 6.85. The molecule has 0 aromatic carbocycles. The van der Waals surface area contributed by atoms with Crippen LogP contribution in [-0.2, 0) is 0 Å². The maximum atomic E-state index is 8.65. The first-order valence-electron chi connectivity index (χ1n) is 5.82. The molecule has 0 saturated carbocycles.